The van der Waals surface area contributed by atoms with E-state index < -0.39 is 0 Å². The van der Waals surface area contributed by atoms with Crippen molar-refractivity contribution in [1.82, 2.24) is 5.32 Å². The van der Waals surface area contributed by atoms with Crippen LogP contribution in [0.5, 0.6) is 0 Å². The van der Waals surface area contributed by atoms with E-state index >= 15 is 0 Å². The molecule has 2 rings (SSSR count). The van der Waals surface area contributed by atoms with E-state index in [1.807, 2.05) is 18.2 Å². The Morgan fingerprint density at radius 2 is 2.12 bits per heavy atom. The summed E-state index contributed by atoms with van der Waals surface area (Å²) in [7, 11) is 0. The molecule has 0 spiro atoms. The van der Waals surface area contributed by atoms with Crippen LogP contribution in [0.3, 0.4) is 0 Å². The second-order valence-corrected chi connectivity index (χ2v) is 4.56. The van der Waals surface area contributed by atoms with E-state index in [1.165, 1.54) is 5.56 Å². The van der Waals surface area contributed by atoms with Crippen LogP contribution in [0.25, 0.3) is 0 Å². The third-order valence-electron chi connectivity index (χ3n) is 3.14. The summed E-state index contributed by atoms with van der Waals surface area (Å²) in [5.74, 6) is 0.643. The average molecular weight is 229 g/mol. The number of nitrogens with one attached hydrogen (secondary N) is 1. The summed E-state index contributed by atoms with van der Waals surface area (Å²) in [5, 5.41) is 2.99. The van der Waals surface area contributed by atoms with Crippen molar-refractivity contribution in [3.05, 3.63) is 48.0 Å². The molecule has 1 atom stereocenters. The van der Waals surface area contributed by atoms with Gasteiger partial charge >= 0.3 is 0 Å². The Morgan fingerprint density at radius 1 is 1.29 bits per heavy atom. The Bertz CT molecular complexity index is 383. The lowest BCUT2D eigenvalue weighted by molar-refractivity contribution is -0.121. The van der Waals surface area contributed by atoms with Gasteiger partial charge in [0.15, 0.2) is 0 Å². The van der Waals surface area contributed by atoms with Crippen molar-refractivity contribution in [3.63, 3.8) is 0 Å². The van der Waals surface area contributed by atoms with Gasteiger partial charge in [-0.1, -0.05) is 42.5 Å². The zero-order valence-electron chi connectivity index (χ0n) is 10.1. The average Bonchev–Trinajstić information content (AvgIpc) is 2.83. The molecule has 0 radical (unpaired) electrons. The van der Waals surface area contributed by atoms with Gasteiger partial charge in [-0.2, -0.15) is 0 Å². The molecule has 0 aliphatic heterocycles. The lowest BCUT2D eigenvalue weighted by Crippen LogP contribution is -2.26. The molecule has 1 unspecified atom stereocenters. The molecule has 0 heterocycles. The molecular weight excluding hydrogens is 210 g/mol. The summed E-state index contributed by atoms with van der Waals surface area (Å²) in [6.45, 7) is 0.735. The van der Waals surface area contributed by atoms with Crippen molar-refractivity contribution in [2.45, 2.75) is 25.7 Å². The highest BCUT2D eigenvalue weighted by Crippen LogP contribution is 2.19. The molecule has 90 valence electrons. The topological polar surface area (TPSA) is 29.1 Å². The van der Waals surface area contributed by atoms with Crippen molar-refractivity contribution in [3.8, 4) is 0 Å². The molecule has 1 aromatic rings. The number of hydrogen-bond donors (Lipinski definition) is 1. The Labute approximate surface area is 103 Å². The van der Waals surface area contributed by atoms with Gasteiger partial charge in [-0.15, -0.1) is 0 Å². The summed E-state index contributed by atoms with van der Waals surface area (Å²) in [4.78, 5) is 11.6. The Morgan fingerprint density at radius 3 is 2.82 bits per heavy atom. The molecule has 0 saturated heterocycles. The highest BCUT2D eigenvalue weighted by molar-refractivity contribution is 5.76. The van der Waals surface area contributed by atoms with Gasteiger partial charge in [-0.25, -0.2) is 0 Å². The SMILES string of the molecule is O=C(CC1C=CCC1)NCCc1ccccc1. The monoisotopic (exact) mass is 229 g/mol. The number of carbonyl (C=O) groups is 1. The van der Waals surface area contributed by atoms with Gasteiger partial charge in [0.2, 0.25) is 5.91 Å². The lowest BCUT2D eigenvalue weighted by Gasteiger charge is -2.08. The second kappa shape index (κ2) is 6.24. The fourth-order valence-electron chi connectivity index (χ4n) is 2.17. The number of benzene rings is 1. The van der Waals surface area contributed by atoms with Gasteiger partial charge in [0.25, 0.3) is 0 Å². The first-order valence-electron chi connectivity index (χ1n) is 6.32. The first-order chi connectivity index (χ1) is 8.34. The molecular formula is C15H19NO. The van der Waals surface area contributed by atoms with Crippen molar-refractivity contribution in [1.29, 1.82) is 0 Å². The van der Waals surface area contributed by atoms with Crippen LogP contribution in [0.2, 0.25) is 0 Å². The number of rotatable bonds is 5. The van der Waals surface area contributed by atoms with Gasteiger partial charge < -0.3 is 5.32 Å². The molecule has 0 fully saturated rings. The molecule has 1 aliphatic carbocycles. The highest BCUT2D eigenvalue weighted by Gasteiger charge is 2.13. The predicted molar refractivity (Wildman–Crippen MR) is 69.6 cm³/mol. The third-order valence-corrected chi connectivity index (χ3v) is 3.14. The quantitative estimate of drug-likeness (QED) is 0.773. The minimum absolute atomic E-state index is 0.178. The minimum Gasteiger partial charge on any atom is -0.356 e. The fourth-order valence-corrected chi connectivity index (χ4v) is 2.17. The Kier molecular flexibility index (Phi) is 4.37. The fraction of sp³-hybridized carbons (Fsp3) is 0.400. The van der Waals surface area contributed by atoms with Crippen molar-refractivity contribution in [2.75, 3.05) is 6.54 Å². The van der Waals surface area contributed by atoms with E-state index in [2.05, 4.69) is 29.6 Å². The third kappa shape index (κ3) is 4.06. The predicted octanol–water partition coefficient (Wildman–Crippen LogP) is 2.70. The normalized spacial score (nSPS) is 18.2. The first kappa shape index (κ1) is 11.9. The zero-order chi connectivity index (χ0) is 11.9. The maximum absolute atomic E-state index is 11.6. The Hall–Kier alpha value is -1.57. The van der Waals surface area contributed by atoms with E-state index in [0.717, 1.165) is 25.8 Å². The molecule has 0 bridgehead atoms. The molecule has 1 aliphatic rings. The zero-order valence-corrected chi connectivity index (χ0v) is 10.1. The largest absolute Gasteiger partial charge is 0.356 e. The standard InChI is InChI=1S/C15H19NO/c17-15(12-14-8-4-5-9-14)16-11-10-13-6-2-1-3-7-13/h1-4,6-8,14H,5,9-12H2,(H,16,17). The van der Waals surface area contributed by atoms with E-state index in [0.29, 0.717) is 12.3 Å². The molecule has 1 aromatic carbocycles. The maximum Gasteiger partial charge on any atom is 0.220 e. The van der Waals surface area contributed by atoms with Crippen LogP contribution in [-0.4, -0.2) is 12.5 Å². The van der Waals surface area contributed by atoms with E-state index in [-0.39, 0.29) is 5.91 Å². The second-order valence-electron chi connectivity index (χ2n) is 4.56. The number of amides is 1. The summed E-state index contributed by atoms with van der Waals surface area (Å²) < 4.78 is 0. The van der Waals surface area contributed by atoms with Crippen LogP contribution >= 0.6 is 0 Å². The minimum atomic E-state index is 0.178. The lowest BCUT2D eigenvalue weighted by atomic mass is 10.1. The van der Waals surface area contributed by atoms with Gasteiger partial charge in [0.05, 0.1) is 0 Å². The van der Waals surface area contributed by atoms with E-state index in [1.54, 1.807) is 0 Å². The van der Waals surface area contributed by atoms with Crippen LogP contribution in [0.1, 0.15) is 24.8 Å². The van der Waals surface area contributed by atoms with Crippen LogP contribution in [-0.2, 0) is 11.2 Å². The van der Waals surface area contributed by atoms with Crippen LogP contribution in [0.4, 0.5) is 0 Å². The summed E-state index contributed by atoms with van der Waals surface area (Å²) in [6, 6.07) is 10.2. The molecule has 1 N–H and O–H groups in total. The Balaban J connectivity index is 1.64. The maximum atomic E-state index is 11.6. The molecule has 2 heteroatoms. The highest BCUT2D eigenvalue weighted by atomic mass is 16.1. The van der Waals surface area contributed by atoms with Gasteiger partial charge in [-0.3, -0.25) is 4.79 Å². The van der Waals surface area contributed by atoms with E-state index in [4.69, 9.17) is 0 Å². The van der Waals surface area contributed by atoms with Gasteiger partial charge in [0, 0.05) is 13.0 Å². The van der Waals surface area contributed by atoms with Crippen LogP contribution < -0.4 is 5.32 Å². The van der Waals surface area contributed by atoms with Crippen molar-refractivity contribution >= 4 is 5.91 Å². The summed E-state index contributed by atoms with van der Waals surface area (Å²) in [6.07, 6.45) is 8.14. The van der Waals surface area contributed by atoms with Crippen LogP contribution in [0.15, 0.2) is 42.5 Å². The van der Waals surface area contributed by atoms with Gasteiger partial charge in [-0.05, 0) is 30.7 Å². The molecule has 17 heavy (non-hydrogen) atoms. The molecule has 0 saturated carbocycles. The van der Waals surface area contributed by atoms with Crippen molar-refractivity contribution < 1.29 is 4.79 Å². The van der Waals surface area contributed by atoms with Gasteiger partial charge in [0.1, 0.15) is 0 Å². The molecule has 0 aromatic heterocycles. The molecule has 2 nitrogen and oxygen atoms in total. The number of hydrogen-bond acceptors (Lipinski definition) is 1. The number of carbonyl (C=O) groups excluding carboxylic acids is 1. The van der Waals surface area contributed by atoms with E-state index in [9.17, 15) is 4.79 Å². The summed E-state index contributed by atoms with van der Waals surface area (Å²) in [5.41, 5.74) is 1.27. The first-order valence-corrected chi connectivity index (χ1v) is 6.32. The summed E-state index contributed by atoms with van der Waals surface area (Å²) >= 11 is 0. The van der Waals surface area contributed by atoms with Crippen molar-refractivity contribution in [2.24, 2.45) is 5.92 Å². The number of allylic oxidation sites excluding steroid dienone is 2. The molecule has 1 amide bonds. The smallest absolute Gasteiger partial charge is 0.220 e. The van der Waals surface area contributed by atoms with Crippen LogP contribution in [0, 0.1) is 5.92 Å².